The molecule has 0 saturated heterocycles. The fourth-order valence-electron chi connectivity index (χ4n) is 2.42. The molecule has 1 fully saturated rings. The molecule has 0 bridgehead atoms. The van der Waals surface area contributed by atoms with E-state index in [4.69, 9.17) is 4.74 Å². The maximum Gasteiger partial charge on any atom is 0.321 e. The van der Waals surface area contributed by atoms with Gasteiger partial charge in [-0.25, -0.2) is 9.48 Å². The van der Waals surface area contributed by atoms with Gasteiger partial charge < -0.3 is 15.0 Å². The summed E-state index contributed by atoms with van der Waals surface area (Å²) in [4.78, 5) is 13.7. The molecule has 128 valence electrons. The van der Waals surface area contributed by atoms with E-state index in [2.05, 4.69) is 20.8 Å². The zero-order valence-electron chi connectivity index (χ0n) is 14.0. The van der Waals surface area contributed by atoms with Gasteiger partial charge in [0, 0.05) is 38.6 Å². The number of aromatic nitrogens is 4. The van der Waals surface area contributed by atoms with Crippen molar-refractivity contribution < 1.29 is 9.53 Å². The van der Waals surface area contributed by atoms with Gasteiger partial charge in [0.2, 0.25) is 0 Å². The highest BCUT2D eigenvalue weighted by atomic mass is 16.5. The molecular weight excluding hydrogens is 308 g/mol. The summed E-state index contributed by atoms with van der Waals surface area (Å²) in [6.07, 6.45) is 3.06. The molecule has 1 aromatic carbocycles. The number of anilines is 1. The monoisotopic (exact) mass is 330 g/mol. The van der Waals surface area contributed by atoms with Crippen molar-refractivity contribution in [2.24, 2.45) is 0 Å². The van der Waals surface area contributed by atoms with Crippen molar-refractivity contribution in [1.82, 2.24) is 25.1 Å². The Labute approximate surface area is 140 Å². The van der Waals surface area contributed by atoms with Crippen LogP contribution in [0.25, 0.3) is 11.4 Å². The minimum Gasteiger partial charge on any atom is -0.385 e. The van der Waals surface area contributed by atoms with Crippen molar-refractivity contribution in [2.45, 2.75) is 25.3 Å². The van der Waals surface area contributed by atoms with E-state index in [0.29, 0.717) is 19.2 Å². The van der Waals surface area contributed by atoms with Gasteiger partial charge in [-0.15, -0.1) is 5.10 Å². The number of nitrogens with zero attached hydrogens (tertiary/aromatic N) is 5. The average molecular weight is 330 g/mol. The molecule has 1 saturated carbocycles. The van der Waals surface area contributed by atoms with E-state index in [9.17, 15) is 4.79 Å². The summed E-state index contributed by atoms with van der Waals surface area (Å²) in [5.41, 5.74) is 1.69. The number of hydrogen-bond acceptors (Lipinski definition) is 5. The van der Waals surface area contributed by atoms with Crippen molar-refractivity contribution in [3.05, 3.63) is 24.3 Å². The number of ether oxygens (including phenoxy) is 1. The fourth-order valence-corrected chi connectivity index (χ4v) is 2.42. The molecule has 0 aliphatic heterocycles. The van der Waals surface area contributed by atoms with Crippen LogP contribution in [0, 0.1) is 0 Å². The molecule has 1 aromatic heterocycles. The molecule has 2 aromatic rings. The van der Waals surface area contributed by atoms with Crippen molar-refractivity contribution in [3.63, 3.8) is 0 Å². The number of amides is 2. The van der Waals surface area contributed by atoms with E-state index >= 15 is 0 Å². The predicted octanol–water partition coefficient (Wildman–Crippen LogP) is 2.18. The third kappa shape index (κ3) is 3.88. The molecule has 0 spiro atoms. The van der Waals surface area contributed by atoms with Crippen molar-refractivity contribution >= 4 is 11.7 Å². The van der Waals surface area contributed by atoms with Gasteiger partial charge in [0.25, 0.3) is 0 Å². The van der Waals surface area contributed by atoms with Crippen molar-refractivity contribution in [3.8, 4) is 11.4 Å². The van der Waals surface area contributed by atoms with Gasteiger partial charge in [-0.3, -0.25) is 0 Å². The second-order valence-electron chi connectivity index (χ2n) is 5.95. The summed E-state index contributed by atoms with van der Waals surface area (Å²) in [5.74, 6) is 0.770. The fraction of sp³-hybridized carbons (Fsp3) is 0.500. The lowest BCUT2D eigenvalue weighted by Gasteiger charge is -2.17. The summed E-state index contributed by atoms with van der Waals surface area (Å²) >= 11 is 0. The van der Waals surface area contributed by atoms with Crippen LogP contribution in [-0.2, 0) is 4.74 Å². The Bertz CT molecular complexity index is 680. The van der Waals surface area contributed by atoms with E-state index in [1.54, 1.807) is 19.1 Å². The lowest BCUT2D eigenvalue weighted by Crippen LogP contribution is -2.32. The normalized spacial score (nSPS) is 13.8. The van der Waals surface area contributed by atoms with Crippen molar-refractivity contribution in [2.75, 3.05) is 32.6 Å². The van der Waals surface area contributed by atoms with Crippen LogP contribution >= 0.6 is 0 Å². The molecule has 1 N–H and O–H groups in total. The Morgan fingerprint density at radius 1 is 1.38 bits per heavy atom. The number of nitrogens with one attached hydrogen (secondary N) is 1. The first-order valence-electron chi connectivity index (χ1n) is 8.08. The molecular formula is C16H22N6O2. The molecule has 0 radical (unpaired) electrons. The van der Waals surface area contributed by atoms with Gasteiger partial charge in [0.05, 0.1) is 6.04 Å². The van der Waals surface area contributed by atoms with Gasteiger partial charge in [-0.05, 0) is 54.0 Å². The first-order valence-corrected chi connectivity index (χ1v) is 8.08. The molecule has 24 heavy (non-hydrogen) atoms. The van der Waals surface area contributed by atoms with E-state index in [1.165, 1.54) is 0 Å². The molecule has 0 atom stereocenters. The maximum absolute atomic E-state index is 12.1. The second kappa shape index (κ2) is 7.39. The maximum atomic E-state index is 12.1. The van der Waals surface area contributed by atoms with Crippen LogP contribution in [0.15, 0.2) is 24.3 Å². The number of carbonyl (C=O) groups is 1. The number of tetrazole rings is 1. The van der Waals surface area contributed by atoms with Crippen molar-refractivity contribution in [1.29, 1.82) is 0 Å². The summed E-state index contributed by atoms with van der Waals surface area (Å²) in [7, 11) is 3.42. The highest BCUT2D eigenvalue weighted by Crippen LogP contribution is 2.36. The predicted molar refractivity (Wildman–Crippen MR) is 89.7 cm³/mol. The smallest absolute Gasteiger partial charge is 0.321 e. The number of methoxy groups -OCH3 is 1. The number of urea groups is 1. The second-order valence-corrected chi connectivity index (χ2v) is 5.95. The minimum absolute atomic E-state index is 0.137. The lowest BCUT2D eigenvalue weighted by atomic mass is 10.2. The van der Waals surface area contributed by atoms with Gasteiger partial charge in [-0.1, -0.05) is 0 Å². The molecule has 0 unspecified atom stereocenters. The van der Waals surface area contributed by atoms with Crippen LogP contribution in [-0.4, -0.2) is 58.4 Å². The quantitative estimate of drug-likeness (QED) is 0.787. The molecule has 1 aliphatic rings. The molecule has 1 heterocycles. The zero-order chi connectivity index (χ0) is 16.9. The molecule has 8 heteroatoms. The first kappa shape index (κ1) is 16.4. The highest BCUT2D eigenvalue weighted by Gasteiger charge is 2.28. The van der Waals surface area contributed by atoms with Crippen LogP contribution in [0.1, 0.15) is 25.3 Å². The SMILES string of the molecule is COCCCN(C)C(=O)Nc1ccc(-c2nnnn2C2CC2)cc1. The summed E-state index contributed by atoms with van der Waals surface area (Å²) < 4.78 is 6.87. The molecule has 1 aliphatic carbocycles. The Hall–Kier alpha value is -2.48. The zero-order valence-corrected chi connectivity index (χ0v) is 14.0. The van der Waals surface area contributed by atoms with Crippen LogP contribution in [0.2, 0.25) is 0 Å². The number of benzene rings is 1. The van der Waals surface area contributed by atoms with Gasteiger partial charge in [0.15, 0.2) is 5.82 Å². The summed E-state index contributed by atoms with van der Waals surface area (Å²) in [5, 5.41) is 14.8. The first-order chi connectivity index (χ1) is 11.7. The average Bonchev–Trinajstić information content (AvgIpc) is 3.32. The van der Waals surface area contributed by atoms with Crippen LogP contribution < -0.4 is 5.32 Å². The number of carbonyl (C=O) groups excluding carboxylic acids is 1. The van der Waals surface area contributed by atoms with Gasteiger partial charge in [0.1, 0.15) is 0 Å². The van der Waals surface area contributed by atoms with E-state index < -0.39 is 0 Å². The van der Waals surface area contributed by atoms with Gasteiger partial charge in [-0.2, -0.15) is 0 Å². The van der Waals surface area contributed by atoms with Crippen LogP contribution in [0.4, 0.5) is 10.5 Å². The van der Waals surface area contributed by atoms with E-state index in [-0.39, 0.29) is 6.03 Å². The topological polar surface area (TPSA) is 85.2 Å². The van der Waals surface area contributed by atoms with Crippen LogP contribution in [0.3, 0.4) is 0 Å². The van der Waals surface area contributed by atoms with E-state index in [1.807, 2.05) is 28.9 Å². The lowest BCUT2D eigenvalue weighted by molar-refractivity contribution is 0.179. The largest absolute Gasteiger partial charge is 0.385 e. The van der Waals surface area contributed by atoms with Gasteiger partial charge >= 0.3 is 6.03 Å². The van der Waals surface area contributed by atoms with Crippen LogP contribution in [0.5, 0.6) is 0 Å². The summed E-state index contributed by atoms with van der Waals surface area (Å²) in [6.45, 7) is 1.29. The third-order valence-corrected chi connectivity index (χ3v) is 3.97. The molecule has 8 nitrogen and oxygen atoms in total. The number of rotatable bonds is 7. The third-order valence-electron chi connectivity index (χ3n) is 3.97. The standard InChI is InChI=1S/C16H22N6O2/c1-21(10-3-11-24-2)16(23)17-13-6-4-12(5-7-13)15-18-19-20-22(15)14-8-9-14/h4-7,14H,3,8-11H2,1-2H3,(H,17,23). The molecule has 3 rings (SSSR count). The Morgan fingerprint density at radius 3 is 2.79 bits per heavy atom. The Kier molecular flexibility index (Phi) is 5.05. The number of hydrogen-bond donors (Lipinski definition) is 1. The highest BCUT2D eigenvalue weighted by molar-refractivity contribution is 5.89. The molecule has 2 amide bonds. The Morgan fingerprint density at radius 2 is 2.12 bits per heavy atom. The minimum atomic E-state index is -0.137. The summed E-state index contributed by atoms with van der Waals surface area (Å²) in [6, 6.07) is 7.86. The van der Waals surface area contributed by atoms with E-state index in [0.717, 1.165) is 36.3 Å². The Balaban J connectivity index is 1.60.